The van der Waals surface area contributed by atoms with E-state index in [-0.39, 0.29) is 11.5 Å². The van der Waals surface area contributed by atoms with E-state index >= 15 is 0 Å². The van der Waals surface area contributed by atoms with Gasteiger partial charge >= 0.3 is 0 Å². The van der Waals surface area contributed by atoms with Crippen LogP contribution in [0.4, 0.5) is 5.69 Å². The van der Waals surface area contributed by atoms with Gasteiger partial charge in [0.15, 0.2) is 9.84 Å². The summed E-state index contributed by atoms with van der Waals surface area (Å²) in [6.07, 6.45) is 1.81. The zero-order valence-electron chi connectivity index (χ0n) is 10.4. The molecule has 1 aromatic rings. The molecular weight excluding hydrogens is 252 g/mol. The predicted octanol–water partition coefficient (Wildman–Crippen LogP) is 0.760. The van der Waals surface area contributed by atoms with Crippen LogP contribution in [-0.2, 0) is 9.84 Å². The number of rotatable bonds is 3. The summed E-state index contributed by atoms with van der Waals surface area (Å²) in [5.74, 6) is 0.401. The first-order chi connectivity index (χ1) is 8.52. The molecule has 1 unspecified atom stereocenters. The zero-order valence-corrected chi connectivity index (χ0v) is 11.2. The highest BCUT2D eigenvalue weighted by Crippen LogP contribution is 2.19. The molecule has 1 aromatic heterocycles. The summed E-state index contributed by atoms with van der Waals surface area (Å²) in [5.41, 5.74) is 1.57. The number of hydrogen-bond acceptors (Lipinski definition) is 5. The molecule has 1 saturated heterocycles. The van der Waals surface area contributed by atoms with E-state index in [0.29, 0.717) is 25.2 Å². The number of aliphatic hydroxyl groups is 1. The van der Waals surface area contributed by atoms with E-state index in [1.807, 2.05) is 17.9 Å². The summed E-state index contributed by atoms with van der Waals surface area (Å²) in [6, 6.07) is 3.69. The highest BCUT2D eigenvalue weighted by atomic mass is 32.2. The van der Waals surface area contributed by atoms with Gasteiger partial charge in [-0.2, -0.15) is 0 Å². The van der Waals surface area contributed by atoms with Crippen molar-refractivity contribution in [1.82, 2.24) is 4.98 Å². The quantitative estimate of drug-likeness (QED) is 0.878. The van der Waals surface area contributed by atoms with E-state index in [1.165, 1.54) is 0 Å². The molecule has 1 fully saturated rings. The Kier molecular flexibility index (Phi) is 3.87. The van der Waals surface area contributed by atoms with Gasteiger partial charge in [-0.15, -0.1) is 0 Å². The second-order valence-electron chi connectivity index (χ2n) is 4.50. The molecule has 0 saturated carbocycles. The second-order valence-corrected chi connectivity index (χ2v) is 6.81. The molecule has 0 aromatic carbocycles. The number of aliphatic hydroxyl groups excluding tert-OH is 1. The average molecular weight is 270 g/mol. The van der Waals surface area contributed by atoms with Gasteiger partial charge in [0.2, 0.25) is 0 Å². The molecule has 18 heavy (non-hydrogen) atoms. The maximum absolute atomic E-state index is 11.3. The van der Waals surface area contributed by atoms with Crippen molar-refractivity contribution in [2.45, 2.75) is 19.4 Å². The Morgan fingerprint density at radius 3 is 2.56 bits per heavy atom. The molecule has 1 N–H and O–H groups in total. The van der Waals surface area contributed by atoms with Gasteiger partial charge in [-0.25, -0.2) is 8.42 Å². The zero-order chi connectivity index (χ0) is 13.2. The van der Waals surface area contributed by atoms with Gasteiger partial charge in [0.05, 0.1) is 35.2 Å². The number of sulfone groups is 1. The SMILES string of the molecule is CCC(O)c1ccc(N2CCS(=O)(=O)CC2)cn1. The Morgan fingerprint density at radius 1 is 1.39 bits per heavy atom. The maximum Gasteiger partial charge on any atom is 0.153 e. The minimum atomic E-state index is -2.85. The summed E-state index contributed by atoms with van der Waals surface area (Å²) >= 11 is 0. The largest absolute Gasteiger partial charge is 0.387 e. The molecule has 0 spiro atoms. The molecule has 1 aliphatic heterocycles. The van der Waals surface area contributed by atoms with Crippen LogP contribution in [-0.4, -0.2) is 43.1 Å². The average Bonchev–Trinajstić information content (AvgIpc) is 2.38. The molecule has 0 aliphatic carbocycles. The normalized spacial score (nSPS) is 20.7. The van der Waals surface area contributed by atoms with E-state index in [2.05, 4.69) is 4.98 Å². The summed E-state index contributed by atoms with van der Waals surface area (Å²) < 4.78 is 22.7. The fourth-order valence-electron chi connectivity index (χ4n) is 1.96. The molecule has 2 rings (SSSR count). The van der Waals surface area contributed by atoms with Crippen LogP contribution >= 0.6 is 0 Å². The lowest BCUT2D eigenvalue weighted by Crippen LogP contribution is -2.40. The lowest BCUT2D eigenvalue weighted by Gasteiger charge is -2.28. The van der Waals surface area contributed by atoms with E-state index in [4.69, 9.17) is 0 Å². The van der Waals surface area contributed by atoms with Crippen LogP contribution in [0.3, 0.4) is 0 Å². The molecule has 6 heteroatoms. The lowest BCUT2D eigenvalue weighted by molar-refractivity contribution is 0.169. The van der Waals surface area contributed by atoms with E-state index < -0.39 is 15.9 Å². The van der Waals surface area contributed by atoms with Crippen LogP contribution in [0.1, 0.15) is 25.1 Å². The van der Waals surface area contributed by atoms with Gasteiger partial charge in [-0.3, -0.25) is 4.98 Å². The predicted molar refractivity (Wildman–Crippen MR) is 70.4 cm³/mol. The Labute approximate surface area is 107 Å². The number of anilines is 1. The number of pyridine rings is 1. The van der Waals surface area contributed by atoms with Crippen LogP contribution in [0.25, 0.3) is 0 Å². The van der Waals surface area contributed by atoms with Crippen molar-refractivity contribution >= 4 is 15.5 Å². The summed E-state index contributed by atoms with van der Waals surface area (Å²) in [4.78, 5) is 6.23. The van der Waals surface area contributed by atoms with Crippen LogP contribution in [0.15, 0.2) is 18.3 Å². The van der Waals surface area contributed by atoms with Crippen molar-refractivity contribution in [3.8, 4) is 0 Å². The lowest BCUT2D eigenvalue weighted by atomic mass is 10.2. The highest BCUT2D eigenvalue weighted by Gasteiger charge is 2.21. The van der Waals surface area contributed by atoms with Crippen LogP contribution in [0, 0.1) is 0 Å². The van der Waals surface area contributed by atoms with Gasteiger partial charge < -0.3 is 10.0 Å². The van der Waals surface area contributed by atoms with Crippen molar-refractivity contribution in [2.24, 2.45) is 0 Å². The molecule has 2 heterocycles. The van der Waals surface area contributed by atoms with Gasteiger partial charge in [-0.05, 0) is 18.6 Å². The number of nitrogens with zero attached hydrogens (tertiary/aromatic N) is 2. The van der Waals surface area contributed by atoms with Crippen LogP contribution in [0.2, 0.25) is 0 Å². The van der Waals surface area contributed by atoms with Crippen molar-refractivity contribution in [3.05, 3.63) is 24.0 Å². The van der Waals surface area contributed by atoms with Gasteiger partial charge in [0, 0.05) is 13.1 Å². The summed E-state index contributed by atoms with van der Waals surface area (Å²) in [7, 11) is -2.85. The van der Waals surface area contributed by atoms with Crippen LogP contribution in [0.5, 0.6) is 0 Å². The standard InChI is InChI=1S/C12H18N2O3S/c1-2-12(15)11-4-3-10(9-13-11)14-5-7-18(16,17)8-6-14/h3-4,9,12,15H,2,5-8H2,1H3. The third-order valence-corrected chi connectivity index (χ3v) is 4.82. The first-order valence-electron chi connectivity index (χ1n) is 6.11. The van der Waals surface area contributed by atoms with Gasteiger partial charge in [0.1, 0.15) is 0 Å². The summed E-state index contributed by atoms with van der Waals surface area (Å²) in [5, 5.41) is 9.64. The first kappa shape index (κ1) is 13.3. The third-order valence-electron chi connectivity index (χ3n) is 3.21. The van der Waals surface area contributed by atoms with Crippen molar-refractivity contribution in [1.29, 1.82) is 0 Å². The topological polar surface area (TPSA) is 70.5 Å². The number of aromatic nitrogens is 1. The monoisotopic (exact) mass is 270 g/mol. The van der Waals surface area contributed by atoms with Gasteiger partial charge in [-0.1, -0.05) is 6.92 Å². The van der Waals surface area contributed by atoms with Crippen molar-refractivity contribution in [2.75, 3.05) is 29.5 Å². The molecule has 0 amide bonds. The Morgan fingerprint density at radius 2 is 2.06 bits per heavy atom. The minimum Gasteiger partial charge on any atom is -0.387 e. The van der Waals surface area contributed by atoms with Crippen molar-refractivity contribution < 1.29 is 13.5 Å². The molecule has 0 radical (unpaired) electrons. The highest BCUT2D eigenvalue weighted by molar-refractivity contribution is 7.91. The molecule has 1 aliphatic rings. The fraction of sp³-hybridized carbons (Fsp3) is 0.583. The minimum absolute atomic E-state index is 0.201. The van der Waals surface area contributed by atoms with E-state index in [1.54, 1.807) is 12.3 Å². The molecule has 5 nitrogen and oxygen atoms in total. The molecule has 100 valence electrons. The smallest absolute Gasteiger partial charge is 0.153 e. The third kappa shape index (κ3) is 3.00. The molecular formula is C12H18N2O3S. The summed E-state index contributed by atoms with van der Waals surface area (Å²) in [6.45, 7) is 2.93. The number of hydrogen-bond donors (Lipinski definition) is 1. The van der Waals surface area contributed by atoms with E-state index in [9.17, 15) is 13.5 Å². The fourth-order valence-corrected chi connectivity index (χ4v) is 3.16. The molecule has 1 atom stereocenters. The Hall–Kier alpha value is -1.14. The van der Waals surface area contributed by atoms with Crippen molar-refractivity contribution in [3.63, 3.8) is 0 Å². The second kappa shape index (κ2) is 5.24. The van der Waals surface area contributed by atoms with Crippen LogP contribution < -0.4 is 4.90 Å². The van der Waals surface area contributed by atoms with E-state index in [0.717, 1.165) is 5.69 Å². The maximum atomic E-state index is 11.3. The Bertz CT molecular complexity index is 485. The van der Waals surface area contributed by atoms with Gasteiger partial charge in [0.25, 0.3) is 0 Å². The Balaban J connectivity index is 2.07. The first-order valence-corrected chi connectivity index (χ1v) is 7.93. The molecule has 0 bridgehead atoms.